The molecule has 52 heavy (non-hydrogen) atoms. The van der Waals surface area contributed by atoms with E-state index >= 15 is 0 Å². The van der Waals surface area contributed by atoms with Crippen LogP contribution in [0.2, 0.25) is 0 Å². The zero-order valence-corrected chi connectivity index (χ0v) is 29.7. The first kappa shape index (κ1) is 40.0. The lowest BCUT2D eigenvalue weighted by atomic mass is 10.0. The van der Waals surface area contributed by atoms with E-state index in [2.05, 4.69) is 55.6 Å². The summed E-state index contributed by atoms with van der Waals surface area (Å²) in [5, 5.41) is 15.9. The Morgan fingerprint density at radius 3 is 1.17 bits per heavy atom. The minimum absolute atomic E-state index is 0.0548. The Morgan fingerprint density at radius 2 is 0.846 bits per heavy atom. The number of hydrogen-bond donors (Lipinski definition) is 6. The van der Waals surface area contributed by atoms with Crippen molar-refractivity contribution in [2.24, 2.45) is 0 Å². The topological polar surface area (TPSA) is 175 Å². The van der Waals surface area contributed by atoms with E-state index < -0.39 is 47.8 Å². The molecule has 0 aliphatic carbocycles. The third-order valence-electron chi connectivity index (χ3n) is 7.51. The van der Waals surface area contributed by atoms with Crippen LogP contribution in [0.25, 0.3) is 0 Å². The van der Waals surface area contributed by atoms with Gasteiger partial charge in [0.2, 0.25) is 35.4 Å². The SMILES string of the molecule is CC(=O)N[C@@H](Cc1ccccc1)C(=O)N[C@@H](C)C(=O)NCC#Cc1ccc(C#CCNC(=O)[C@H](C)NC(=O)[C@H](Cc2ccccc2)NC(C)=O)cc1. The normalized spacial score (nSPS) is 12.4. The molecule has 12 heteroatoms. The maximum atomic E-state index is 12.8. The molecule has 3 rings (SSSR count). The molecule has 0 aromatic heterocycles. The van der Waals surface area contributed by atoms with Gasteiger partial charge in [-0.1, -0.05) is 84.3 Å². The summed E-state index contributed by atoms with van der Waals surface area (Å²) in [4.78, 5) is 74.1. The van der Waals surface area contributed by atoms with Crippen LogP contribution in [0.1, 0.15) is 49.9 Å². The number of carbonyl (C=O) groups is 6. The molecular formula is C40H44N6O6. The standard InChI is InChI=1S/C40H44N6O6/c1-27(43-39(51)35(45-29(3)47)25-33-13-7-5-8-14-33)37(49)41-23-11-17-31-19-21-32(22-20-31)18-12-24-42-38(50)28(2)44-40(52)36(46-30(4)48)26-34-15-9-6-10-16-34/h5-10,13-16,19-22,27-28,35-36H,23-26H2,1-4H3,(H,41,49)(H,42,50)(H,43,51)(H,44,52)(H,45,47)(H,46,48)/t27-,28-,35-,36-/m0/s1. The lowest BCUT2D eigenvalue weighted by Crippen LogP contribution is -2.53. The Bertz CT molecular complexity index is 1690. The molecule has 0 saturated carbocycles. The Hall–Kier alpha value is -6.40. The highest BCUT2D eigenvalue weighted by Crippen LogP contribution is 2.06. The molecule has 6 amide bonds. The fourth-order valence-electron chi connectivity index (χ4n) is 4.87. The van der Waals surface area contributed by atoms with Gasteiger partial charge in [-0.05, 0) is 49.2 Å². The van der Waals surface area contributed by atoms with Crippen molar-refractivity contribution in [3.63, 3.8) is 0 Å². The fourth-order valence-corrected chi connectivity index (χ4v) is 4.87. The van der Waals surface area contributed by atoms with Crippen LogP contribution in [0, 0.1) is 23.7 Å². The van der Waals surface area contributed by atoms with Gasteiger partial charge < -0.3 is 31.9 Å². The summed E-state index contributed by atoms with van der Waals surface area (Å²) in [7, 11) is 0. The summed E-state index contributed by atoms with van der Waals surface area (Å²) in [5.41, 5.74) is 3.14. The molecule has 3 aromatic rings. The minimum atomic E-state index is -0.849. The maximum Gasteiger partial charge on any atom is 0.243 e. The second-order valence-corrected chi connectivity index (χ2v) is 12.0. The molecule has 0 spiro atoms. The van der Waals surface area contributed by atoms with Crippen molar-refractivity contribution in [2.45, 2.75) is 64.7 Å². The van der Waals surface area contributed by atoms with Gasteiger partial charge in [-0.2, -0.15) is 0 Å². The van der Waals surface area contributed by atoms with Crippen molar-refractivity contribution in [3.8, 4) is 23.7 Å². The minimum Gasteiger partial charge on any atom is -0.344 e. The molecule has 12 nitrogen and oxygen atoms in total. The van der Waals surface area contributed by atoms with Crippen LogP contribution < -0.4 is 31.9 Å². The van der Waals surface area contributed by atoms with Crippen LogP contribution in [-0.4, -0.2) is 72.7 Å². The Balaban J connectivity index is 1.41. The molecule has 0 radical (unpaired) electrons. The van der Waals surface area contributed by atoms with Crippen molar-refractivity contribution < 1.29 is 28.8 Å². The first-order valence-corrected chi connectivity index (χ1v) is 16.8. The zero-order valence-electron chi connectivity index (χ0n) is 29.7. The van der Waals surface area contributed by atoms with Gasteiger partial charge >= 0.3 is 0 Å². The van der Waals surface area contributed by atoms with Crippen LogP contribution in [0.5, 0.6) is 0 Å². The van der Waals surface area contributed by atoms with E-state index in [-0.39, 0.29) is 37.7 Å². The Labute approximate surface area is 304 Å². The summed E-state index contributed by atoms with van der Waals surface area (Å²) in [6.45, 7) is 5.88. The average molecular weight is 705 g/mol. The molecule has 0 heterocycles. The molecule has 0 saturated heterocycles. The number of hydrogen-bond acceptors (Lipinski definition) is 6. The van der Waals surface area contributed by atoms with Gasteiger partial charge in [-0.15, -0.1) is 0 Å². The maximum absolute atomic E-state index is 12.8. The quantitative estimate of drug-likeness (QED) is 0.137. The zero-order chi connectivity index (χ0) is 37.9. The lowest BCUT2D eigenvalue weighted by molar-refractivity contribution is -0.131. The number of rotatable bonds is 14. The third-order valence-corrected chi connectivity index (χ3v) is 7.51. The highest BCUT2D eigenvalue weighted by Gasteiger charge is 2.25. The summed E-state index contributed by atoms with van der Waals surface area (Å²) in [6.07, 6.45) is 0.569. The molecule has 3 aromatic carbocycles. The van der Waals surface area contributed by atoms with E-state index in [1.165, 1.54) is 13.8 Å². The van der Waals surface area contributed by atoms with Gasteiger partial charge in [0.1, 0.15) is 24.2 Å². The molecule has 0 aliphatic heterocycles. The third kappa shape index (κ3) is 14.6. The number of benzene rings is 3. The first-order chi connectivity index (χ1) is 24.9. The molecule has 0 unspecified atom stereocenters. The first-order valence-electron chi connectivity index (χ1n) is 16.8. The largest absolute Gasteiger partial charge is 0.344 e. The summed E-state index contributed by atoms with van der Waals surface area (Å²) in [6, 6.07) is 22.3. The summed E-state index contributed by atoms with van der Waals surface area (Å²) < 4.78 is 0. The van der Waals surface area contributed by atoms with Crippen LogP contribution >= 0.6 is 0 Å². The number of nitrogens with one attached hydrogen (secondary N) is 6. The van der Waals surface area contributed by atoms with E-state index in [1.54, 1.807) is 38.1 Å². The second-order valence-electron chi connectivity index (χ2n) is 12.0. The predicted molar refractivity (Wildman–Crippen MR) is 197 cm³/mol. The van der Waals surface area contributed by atoms with Crippen molar-refractivity contribution in [1.29, 1.82) is 0 Å². The summed E-state index contributed by atoms with van der Waals surface area (Å²) in [5.74, 6) is 9.17. The van der Waals surface area contributed by atoms with Crippen LogP contribution in [0.15, 0.2) is 84.9 Å². The second kappa shape index (κ2) is 21.0. The molecule has 0 aliphatic rings. The van der Waals surface area contributed by atoms with E-state index in [0.717, 1.165) is 11.1 Å². The molecule has 270 valence electrons. The molecule has 0 fully saturated rings. The van der Waals surface area contributed by atoms with Gasteiger partial charge in [0.05, 0.1) is 13.1 Å². The van der Waals surface area contributed by atoms with Crippen molar-refractivity contribution in [3.05, 3.63) is 107 Å². The van der Waals surface area contributed by atoms with E-state index in [9.17, 15) is 28.8 Å². The van der Waals surface area contributed by atoms with Crippen molar-refractivity contribution in [2.75, 3.05) is 13.1 Å². The van der Waals surface area contributed by atoms with Crippen LogP contribution in [-0.2, 0) is 41.6 Å². The monoisotopic (exact) mass is 704 g/mol. The molecule has 4 atom stereocenters. The molecule has 0 bridgehead atoms. The Kier molecular flexibility index (Phi) is 16.1. The molecule has 6 N–H and O–H groups in total. The van der Waals surface area contributed by atoms with Gasteiger partial charge in [-0.25, -0.2) is 0 Å². The van der Waals surface area contributed by atoms with Gasteiger partial charge in [0.15, 0.2) is 0 Å². The van der Waals surface area contributed by atoms with Gasteiger partial charge in [0.25, 0.3) is 0 Å². The van der Waals surface area contributed by atoms with Crippen LogP contribution in [0.4, 0.5) is 0 Å². The fraction of sp³-hybridized carbons (Fsp3) is 0.300. The van der Waals surface area contributed by atoms with Crippen LogP contribution in [0.3, 0.4) is 0 Å². The van der Waals surface area contributed by atoms with Gasteiger partial charge in [0, 0.05) is 37.8 Å². The average Bonchev–Trinajstić information content (AvgIpc) is 3.12. The van der Waals surface area contributed by atoms with E-state index in [4.69, 9.17) is 0 Å². The van der Waals surface area contributed by atoms with E-state index in [1.807, 2.05) is 60.7 Å². The van der Waals surface area contributed by atoms with E-state index in [0.29, 0.717) is 11.1 Å². The highest BCUT2D eigenvalue weighted by atomic mass is 16.2. The number of amides is 6. The van der Waals surface area contributed by atoms with Crippen molar-refractivity contribution in [1.82, 2.24) is 31.9 Å². The van der Waals surface area contributed by atoms with Gasteiger partial charge in [-0.3, -0.25) is 28.8 Å². The van der Waals surface area contributed by atoms with Crippen molar-refractivity contribution >= 4 is 35.4 Å². The highest BCUT2D eigenvalue weighted by molar-refractivity contribution is 5.92. The smallest absolute Gasteiger partial charge is 0.243 e. The molecular weight excluding hydrogens is 660 g/mol. The Morgan fingerprint density at radius 1 is 0.500 bits per heavy atom. The lowest BCUT2D eigenvalue weighted by Gasteiger charge is -2.20. The number of carbonyl (C=O) groups excluding carboxylic acids is 6. The summed E-state index contributed by atoms with van der Waals surface area (Å²) >= 11 is 0. The predicted octanol–water partition coefficient (Wildman–Crippen LogP) is 1.13.